The molecule has 0 spiro atoms. The van der Waals surface area contributed by atoms with Crippen LogP contribution < -0.4 is 4.74 Å². The second-order valence-corrected chi connectivity index (χ2v) is 10.4. The van der Waals surface area contributed by atoms with Crippen LogP contribution in [-0.4, -0.2) is 61.3 Å². The lowest BCUT2D eigenvalue weighted by Gasteiger charge is -2.34. The van der Waals surface area contributed by atoms with Crippen molar-refractivity contribution in [1.82, 2.24) is 14.2 Å². The van der Waals surface area contributed by atoms with Crippen molar-refractivity contribution < 1.29 is 17.9 Å². The zero-order valence-corrected chi connectivity index (χ0v) is 20.0. The Morgan fingerprint density at radius 2 is 1.82 bits per heavy atom. The lowest BCUT2D eigenvalue weighted by atomic mass is 10.2. The maximum atomic E-state index is 13.3. The van der Waals surface area contributed by atoms with Gasteiger partial charge in [0.25, 0.3) is 0 Å². The van der Waals surface area contributed by atoms with E-state index in [4.69, 9.17) is 16.3 Å². The summed E-state index contributed by atoms with van der Waals surface area (Å²) in [6.45, 7) is 3.61. The molecule has 3 aromatic rings. The van der Waals surface area contributed by atoms with Crippen LogP contribution in [0.2, 0.25) is 5.02 Å². The molecule has 2 heterocycles. The van der Waals surface area contributed by atoms with E-state index < -0.39 is 10.0 Å². The number of amides is 1. The first-order chi connectivity index (χ1) is 15.8. The third-order valence-corrected chi connectivity index (χ3v) is 7.82. The van der Waals surface area contributed by atoms with Gasteiger partial charge in [0.1, 0.15) is 10.6 Å². The second kappa shape index (κ2) is 10.1. The topological polar surface area (TPSA) is 79.8 Å². The molecule has 174 valence electrons. The van der Waals surface area contributed by atoms with E-state index in [0.717, 1.165) is 10.9 Å². The number of aryl methyl sites for hydroxylation is 1. The molecule has 2 aromatic carbocycles. The van der Waals surface area contributed by atoms with Crippen LogP contribution in [0.1, 0.15) is 18.4 Å². The molecule has 1 amide bonds. The normalized spacial score (nSPS) is 15.0. The molecule has 0 saturated carbocycles. The van der Waals surface area contributed by atoms with Gasteiger partial charge in [-0.25, -0.2) is 8.42 Å². The zero-order valence-electron chi connectivity index (χ0n) is 18.4. The van der Waals surface area contributed by atoms with Crippen LogP contribution in [0, 0.1) is 6.92 Å². The van der Waals surface area contributed by atoms with Crippen LogP contribution in [0.25, 0.3) is 10.9 Å². The molecular weight excluding hydrogens is 462 g/mol. The van der Waals surface area contributed by atoms with Crippen molar-refractivity contribution in [2.24, 2.45) is 0 Å². The van der Waals surface area contributed by atoms with Gasteiger partial charge in [-0.15, -0.1) is 0 Å². The number of nitrogens with zero attached hydrogens (tertiary/aromatic N) is 3. The number of aromatic nitrogens is 1. The van der Waals surface area contributed by atoms with Gasteiger partial charge in [-0.1, -0.05) is 23.7 Å². The van der Waals surface area contributed by atoms with Gasteiger partial charge in [0.2, 0.25) is 15.9 Å². The summed E-state index contributed by atoms with van der Waals surface area (Å²) >= 11 is 5.86. The molecule has 0 aliphatic carbocycles. The summed E-state index contributed by atoms with van der Waals surface area (Å²) in [6.07, 6.45) is 2.61. The average molecular weight is 488 g/mol. The van der Waals surface area contributed by atoms with Crippen LogP contribution in [-0.2, 0) is 14.8 Å². The van der Waals surface area contributed by atoms with E-state index in [0.29, 0.717) is 48.8 Å². The summed E-state index contributed by atoms with van der Waals surface area (Å²) in [5.41, 5.74) is 1.45. The van der Waals surface area contributed by atoms with Gasteiger partial charge >= 0.3 is 0 Å². The summed E-state index contributed by atoms with van der Waals surface area (Å²) in [5, 5.41) is 1.44. The van der Waals surface area contributed by atoms with E-state index in [1.165, 1.54) is 4.31 Å². The molecule has 9 heteroatoms. The average Bonchev–Trinajstić information content (AvgIpc) is 2.82. The number of fused-ring (bicyclic) bond motifs is 1. The van der Waals surface area contributed by atoms with E-state index in [1.807, 2.05) is 19.1 Å². The summed E-state index contributed by atoms with van der Waals surface area (Å²) in [7, 11) is -3.70. The van der Waals surface area contributed by atoms with Gasteiger partial charge < -0.3 is 9.64 Å². The van der Waals surface area contributed by atoms with E-state index in [-0.39, 0.29) is 23.9 Å². The quantitative estimate of drug-likeness (QED) is 0.472. The number of piperazine rings is 1. The van der Waals surface area contributed by atoms with E-state index in [2.05, 4.69) is 4.98 Å². The number of ether oxygens (including phenoxy) is 1. The fourth-order valence-corrected chi connectivity index (χ4v) is 5.58. The van der Waals surface area contributed by atoms with Gasteiger partial charge in [-0.3, -0.25) is 9.78 Å². The Morgan fingerprint density at radius 1 is 1.09 bits per heavy atom. The van der Waals surface area contributed by atoms with Gasteiger partial charge in [0.15, 0.2) is 0 Å². The molecule has 1 aliphatic rings. The standard InChI is InChI=1S/C24H26ClN3O4S/c1-18-16-19-4-2-5-22(24(19)26-17-18)33(30,31)28-13-11-27(12-14-28)23(29)6-3-15-32-21-9-7-20(25)8-10-21/h2,4-5,7-10,16-17H,3,6,11-15H2,1H3. The minimum atomic E-state index is -3.70. The third-order valence-electron chi connectivity index (χ3n) is 5.64. The lowest BCUT2D eigenvalue weighted by molar-refractivity contribution is -0.132. The summed E-state index contributed by atoms with van der Waals surface area (Å²) in [6, 6.07) is 14.2. The van der Waals surface area contributed by atoms with Crippen molar-refractivity contribution in [2.45, 2.75) is 24.7 Å². The van der Waals surface area contributed by atoms with Crippen molar-refractivity contribution in [2.75, 3.05) is 32.8 Å². The Labute approximate surface area is 199 Å². The van der Waals surface area contributed by atoms with Crippen LogP contribution in [0.3, 0.4) is 0 Å². The number of hydrogen-bond donors (Lipinski definition) is 0. The molecule has 7 nitrogen and oxygen atoms in total. The van der Waals surface area contributed by atoms with Crippen LogP contribution in [0.4, 0.5) is 0 Å². The van der Waals surface area contributed by atoms with Crippen LogP contribution in [0.15, 0.2) is 59.6 Å². The first kappa shape index (κ1) is 23.5. The molecule has 33 heavy (non-hydrogen) atoms. The Morgan fingerprint density at radius 3 is 2.55 bits per heavy atom. The molecule has 4 rings (SSSR count). The minimum Gasteiger partial charge on any atom is -0.494 e. The number of para-hydroxylation sites is 1. The largest absolute Gasteiger partial charge is 0.494 e. The van der Waals surface area contributed by atoms with E-state index in [1.54, 1.807) is 47.5 Å². The number of sulfonamides is 1. The van der Waals surface area contributed by atoms with E-state index >= 15 is 0 Å². The Kier molecular flexibility index (Phi) is 7.17. The van der Waals surface area contributed by atoms with Crippen molar-refractivity contribution >= 4 is 38.4 Å². The monoisotopic (exact) mass is 487 g/mol. The van der Waals surface area contributed by atoms with Crippen molar-refractivity contribution in [3.05, 3.63) is 65.3 Å². The maximum absolute atomic E-state index is 13.3. The first-order valence-electron chi connectivity index (χ1n) is 10.9. The Balaban J connectivity index is 1.31. The van der Waals surface area contributed by atoms with Crippen LogP contribution >= 0.6 is 11.6 Å². The van der Waals surface area contributed by atoms with Gasteiger partial charge in [0, 0.05) is 49.2 Å². The molecule has 1 saturated heterocycles. The molecule has 0 unspecified atom stereocenters. The van der Waals surface area contributed by atoms with Gasteiger partial charge in [-0.05, 0) is 55.3 Å². The number of hydrogen-bond acceptors (Lipinski definition) is 5. The highest BCUT2D eigenvalue weighted by atomic mass is 35.5. The fraction of sp³-hybridized carbons (Fsp3) is 0.333. The van der Waals surface area contributed by atoms with Crippen molar-refractivity contribution in [3.8, 4) is 5.75 Å². The fourth-order valence-electron chi connectivity index (χ4n) is 3.87. The minimum absolute atomic E-state index is 0.00839. The molecule has 0 atom stereocenters. The smallest absolute Gasteiger partial charge is 0.245 e. The number of carbonyl (C=O) groups is 1. The predicted octanol–water partition coefficient (Wildman–Crippen LogP) is 3.89. The summed E-state index contributed by atoms with van der Waals surface area (Å²) < 4.78 is 33.6. The maximum Gasteiger partial charge on any atom is 0.245 e. The molecule has 0 bridgehead atoms. The number of halogens is 1. The van der Waals surface area contributed by atoms with Gasteiger partial charge in [-0.2, -0.15) is 4.31 Å². The highest BCUT2D eigenvalue weighted by molar-refractivity contribution is 7.89. The molecular formula is C24H26ClN3O4S. The Hall–Kier alpha value is -2.68. The van der Waals surface area contributed by atoms with Gasteiger partial charge in [0.05, 0.1) is 12.1 Å². The van der Waals surface area contributed by atoms with Crippen LogP contribution in [0.5, 0.6) is 5.75 Å². The number of benzene rings is 2. The number of carbonyl (C=O) groups excluding carboxylic acids is 1. The molecule has 1 aliphatic heterocycles. The van der Waals surface area contributed by atoms with Crippen molar-refractivity contribution in [1.29, 1.82) is 0 Å². The van der Waals surface area contributed by atoms with E-state index in [9.17, 15) is 13.2 Å². The molecule has 0 N–H and O–H groups in total. The summed E-state index contributed by atoms with van der Waals surface area (Å²) in [5.74, 6) is 0.720. The highest BCUT2D eigenvalue weighted by Gasteiger charge is 2.31. The Bertz CT molecular complexity index is 1240. The van der Waals surface area contributed by atoms with Crippen molar-refractivity contribution in [3.63, 3.8) is 0 Å². The predicted molar refractivity (Wildman–Crippen MR) is 128 cm³/mol. The third kappa shape index (κ3) is 5.46. The number of rotatable bonds is 7. The SMILES string of the molecule is Cc1cnc2c(S(=O)(=O)N3CCN(C(=O)CCCOc4ccc(Cl)cc4)CC3)cccc2c1. The molecule has 1 fully saturated rings. The first-order valence-corrected chi connectivity index (χ1v) is 12.7. The zero-order chi connectivity index (χ0) is 23.4. The highest BCUT2D eigenvalue weighted by Crippen LogP contribution is 2.25. The molecule has 1 aromatic heterocycles. The summed E-state index contributed by atoms with van der Waals surface area (Å²) in [4.78, 5) is 18.9. The molecule has 0 radical (unpaired) electrons. The second-order valence-electron chi connectivity index (χ2n) is 8.03. The lowest BCUT2D eigenvalue weighted by Crippen LogP contribution is -2.50. The number of pyridine rings is 1.